The summed E-state index contributed by atoms with van der Waals surface area (Å²) in [6, 6.07) is 25.2. The number of para-hydroxylation sites is 1. The molecule has 3 aromatic carbocycles. The Bertz CT molecular complexity index is 1330. The Kier molecular flexibility index (Phi) is 4.13. The van der Waals surface area contributed by atoms with E-state index in [4.69, 9.17) is 14.5 Å². The van der Waals surface area contributed by atoms with Crippen molar-refractivity contribution in [2.75, 3.05) is 0 Å². The number of aliphatic imine (C=N–C) groups is 1. The molecular weight excluding hydrogens is 388 g/mol. The zero-order valence-electron chi connectivity index (χ0n) is 16.7. The number of hydrogen-bond donors (Lipinski definition) is 1. The van der Waals surface area contributed by atoms with Crippen molar-refractivity contribution in [3.05, 3.63) is 95.6 Å². The zero-order valence-corrected chi connectivity index (χ0v) is 16.7. The lowest BCUT2D eigenvalue weighted by Crippen LogP contribution is -2.23. The average molecular weight is 408 g/mol. The molecule has 0 saturated heterocycles. The second kappa shape index (κ2) is 7.13. The van der Waals surface area contributed by atoms with Gasteiger partial charge in [-0.2, -0.15) is 0 Å². The van der Waals surface area contributed by atoms with Crippen LogP contribution in [0.4, 0.5) is 0 Å². The summed E-state index contributed by atoms with van der Waals surface area (Å²) >= 11 is 0. The number of pyridine rings is 1. The van der Waals surface area contributed by atoms with Gasteiger partial charge in [0.05, 0.1) is 0 Å². The van der Waals surface area contributed by atoms with Crippen LogP contribution >= 0.6 is 0 Å². The third-order valence-corrected chi connectivity index (χ3v) is 5.92. The van der Waals surface area contributed by atoms with Gasteiger partial charge in [0, 0.05) is 17.0 Å². The van der Waals surface area contributed by atoms with E-state index in [2.05, 4.69) is 29.2 Å². The van der Waals surface area contributed by atoms with Crippen molar-refractivity contribution in [3.8, 4) is 17.4 Å². The van der Waals surface area contributed by atoms with E-state index in [0.29, 0.717) is 23.0 Å². The molecule has 2 heterocycles. The molecule has 4 aromatic rings. The molecule has 0 saturated carbocycles. The number of phenols is 1. The molecule has 152 valence electrons. The lowest BCUT2D eigenvalue weighted by atomic mass is 9.86. The molecule has 0 bridgehead atoms. The van der Waals surface area contributed by atoms with E-state index in [-0.39, 0.29) is 17.9 Å². The summed E-state index contributed by atoms with van der Waals surface area (Å²) in [6.07, 6.45) is 2.07. The molecule has 1 aliphatic heterocycles. The van der Waals surface area contributed by atoms with Crippen molar-refractivity contribution in [1.29, 1.82) is 0 Å². The van der Waals surface area contributed by atoms with Crippen molar-refractivity contribution < 1.29 is 14.6 Å². The first-order valence-electron chi connectivity index (χ1n) is 10.4. The third-order valence-electron chi connectivity index (χ3n) is 5.92. The molecule has 1 aromatic heterocycles. The van der Waals surface area contributed by atoms with Crippen molar-refractivity contribution in [3.63, 3.8) is 0 Å². The number of aromatic hydroxyl groups is 1. The number of fused-ring (bicyclic) bond motifs is 4. The second-order valence-corrected chi connectivity index (χ2v) is 7.90. The zero-order chi connectivity index (χ0) is 20.8. The van der Waals surface area contributed by atoms with Crippen LogP contribution in [-0.2, 0) is 11.2 Å². The van der Waals surface area contributed by atoms with Crippen LogP contribution in [0.25, 0.3) is 10.9 Å². The highest BCUT2D eigenvalue weighted by Gasteiger charge is 2.36. The minimum absolute atomic E-state index is 0.0506. The summed E-state index contributed by atoms with van der Waals surface area (Å²) in [5.74, 6) is 1.85. The molecule has 6 rings (SSSR count). The molecule has 2 atom stereocenters. The molecule has 1 aliphatic carbocycles. The Morgan fingerprint density at radius 2 is 1.84 bits per heavy atom. The van der Waals surface area contributed by atoms with Crippen LogP contribution < -0.4 is 4.74 Å². The number of hydrogen-bond acceptors (Lipinski definition) is 5. The van der Waals surface area contributed by atoms with Gasteiger partial charge in [0.15, 0.2) is 0 Å². The molecular formula is C26H20N2O3. The normalized spacial score (nSPS) is 19.3. The van der Waals surface area contributed by atoms with Gasteiger partial charge < -0.3 is 14.6 Å². The molecule has 2 aliphatic rings. The Morgan fingerprint density at radius 3 is 2.81 bits per heavy atom. The number of phenolic OH excluding ortho intramolecular Hbond substituents is 1. The quantitative estimate of drug-likeness (QED) is 0.482. The van der Waals surface area contributed by atoms with Crippen LogP contribution in [0.2, 0.25) is 0 Å². The summed E-state index contributed by atoms with van der Waals surface area (Å²) in [7, 11) is 0. The number of nitrogens with zero attached hydrogens (tertiary/aromatic N) is 2. The maximum absolute atomic E-state index is 10.1. The molecule has 0 unspecified atom stereocenters. The highest BCUT2D eigenvalue weighted by atomic mass is 16.5. The van der Waals surface area contributed by atoms with Crippen LogP contribution in [0.15, 0.2) is 83.9 Å². The van der Waals surface area contributed by atoms with E-state index in [1.165, 1.54) is 11.1 Å². The fourth-order valence-electron chi connectivity index (χ4n) is 4.41. The first-order chi connectivity index (χ1) is 15.2. The van der Waals surface area contributed by atoms with Crippen LogP contribution in [0, 0.1) is 0 Å². The Hall–Kier alpha value is -3.86. The molecule has 1 N–H and O–H groups in total. The maximum atomic E-state index is 10.1. The van der Waals surface area contributed by atoms with Crippen molar-refractivity contribution in [2.45, 2.75) is 25.0 Å². The lowest BCUT2D eigenvalue weighted by Gasteiger charge is -2.25. The van der Waals surface area contributed by atoms with Crippen LogP contribution in [-0.4, -0.2) is 22.1 Å². The maximum Gasteiger partial charge on any atom is 0.219 e. The van der Waals surface area contributed by atoms with E-state index in [9.17, 15) is 5.11 Å². The van der Waals surface area contributed by atoms with Gasteiger partial charge in [-0.1, -0.05) is 42.5 Å². The summed E-state index contributed by atoms with van der Waals surface area (Å²) in [5, 5.41) is 10.9. The molecule has 0 amide bonds. The van der Waals surface area contributed by atoms with Crippen LogP contribution in [0.3, 0.4) is 0 Å². The second-order valence-electron chi connectivity index (χ2n) is 7.90. The molecule has 5 heteroatoms. The number of ether oxygens (including phenoxy) is 2. The Morgan fingerprint density at radius 1 is 0.935 bits per heavy atom. The van der Waals surface area contributed by atoms with Gasteiger partial charge in [-0.25, -0.2) is 9.98 Å². The minimum Gasteiger partial charge on any atom is -0.506 e. The van der Waals surface area contributed by atoms with E-state index < -0.39 is 0 Å². The van der Waals surface area contributed by atoms with Gasteiger partial charge in [-0.05, 0) is 54.3 Å². The fraction of sp³-hybridized carbons (Fsp3) is 0.154. The molecule has 0 spiro atoms. The van der Waals surface area contributed by atoms with Crippen molar-refractivity contribution in [2.24, 2.45) is 4.99 Å². The van der Waals surface area contributed by atoms with E-state index in [1.54, 1.807) is 18.2 Å². The Balaban J connectivity index is 1.29. The largest absolute Gasteiger partial charge is 0.506 e. The fourth-order valence-corrected chi connectivity index (χ4v) is 4.41. The topological polar surface area (TPSA) is 63.9 Å². The van der Waals surface area contributed by atoms with Gasteiger partial charge in [-0.3, -0.25) is 0 Å². The molecule has 5 nitrogen and oxygen atoms in total. The third kappa shape index (κ3) is 3.19. The highest BCUT2D eigenvalue weighted by molar-refractivity contribution is 5.96. The van der Waals surface area contributed by atoms with Crippen LogP contribution in [0.1, 0.15) is 29.2 Å². The number of aromatic nitrogens is 1. The van der Waals surface area contributed by atoms with E-state index >= 15 is 0 Å². The smallest absolute Gasteiger partial charge is 0.219 e. The molecule has 0 radical (unpaired) electrons. The summed E-state index contributed by atoms with van der Waals surface area (Å²) < 4.78 is 12.2. The SMILES string of the molecule is Oc1cccc2ccc(Oc3cccc(C4=N[C@H]5c6ccccc6CC[C@H]5O4)c3)nc12. The van der Waals surface area contributed by atoms with Gasteiger partial charge in [-0.15, -0.1) is 0 Å². The summed E-state index contributed by atoms with van der Waals surface area (Å²) in [6.45, 7) is 0. The average Bonchev–Trinajstić information content (AvgIpc) is 3.25. The van der Waals surface area contributed by atoms with Crippen LogP contribution in [0.5, 0.6) is 17.4 Å². The monoisotopic (exact) mass is 408 g/mol. The van der Waals surface area contributed by atoms with Crippen molar-refractivity contribution >= 4 is 16.8 Å². The lowest BCUT2D eigenvalue weighted by molar-refractivity contribution is 0.174. The van der Waals surface area contributed by atoms with Gasteiger partial charge in [0.1, 0.15) is 29.2 Å². The molecule has 0 fully saturated rings. The predicted molar refractivity (Wildman–Crippen MR) is 119 cm³/mol. The number of aryl methyl sites for hydroxylation is 1. The highest BCUT2D eigenvalue weighted by Crippen LogP contribution is 2.39. The standard InChI is InChI=1S/C26H20N2O3/c29-21-10-4-6-17-12-14-23(27-24(17)21)30-19-8-3-7-18(15-19)26-28-25-20-9-2-1-5-16(20)11-13-22(25)31-26/h1-10,12,14-15,22,25,29H,11,13H2/t22-,25+/m1/s1. The Labute approximate surface area is 179 Å². The van der Waals surface area contributed by atoms with Gasteiger partial charge >= 0.3 is 0 Å². The van der Waals surface area contributed by atoms with Crippen molar-refractivity contribution in [1.82, 2.24) is 4.98 Å². The summed E-state index contributed by atoms with van der Waals surface area (Å²) in [4.78, 5) is 9.36. The number of rotatable bonds is 3. The first-order valence-corrected chi connectivity index (χ1v) is 10.4. The van der Waals surface area contributed by atoms with Gasteiger partial charge in [0.25, 0.3) is 0 Å². The predicted octanol–water partition coefficient (Wildman–Crippen LogP) is 5.57. The van der Waals surface area contributed by atoms with E-state index in [0.717, 1.165) is 23.8 Å². The van der Waals surface area contributed by atoms with Gasteiger partial charge in [0.2, 0.25) is 11.8 Å². The minimum atomic E-state index is 0.0506. The van der Waals surface area contributed by atoms with E-state index in [1.807, 2.05) is 36.4 Å². The first kappa shape index (κ1) is 18.0. The molecule has 31 heavy (non-hydrogen) atoms. The number of benzene rings is 3. The summed E-state index contributed by atoms with van der Waals surface area (Å²) in [5.41, 5.74) is 4.02.